The molecule has 534 valence electrons. The van der Waals surface area contributed by atoms with E-state index in [0.29, 0.717) is 66.9 Å². The predicted molar refractivity (Wildman–Crippen MR) is 362 cm³/mol. The average molecular weight is 1390 g/mol. The van der Waals surface area contributed by atoms with Gasteiger partial charge in [0, 0.05) is 61.6 Å². The van der Waals surface area contributed by atoms with Crippen molar-refractivity contribution in [3.8, 4) is 0 Å². The molecule has 3 aromatic rings. The summed E-state index contributed by atoms with van der Waals surface area (Å²) in [5.74, 6) is -9.80. The van der Waals surface area contributed by atoms with E-state index in [1.54, 1.807) is 65.4 Å². The SMILES string of the molecule is NCCCC[C@H](NC(=O)[C@@H](N)CCCCN)C(=O)N[C@@H](CCCN=C(N)N)C(=O)N1CCC[C@H]1C(=O)N1C[C@H](O)C[C@H]1C(=O)NCC(=O)N[C@@H](Cc1cccs1)C(=O)N[C@@H](CO)C(=O)N[C@H](Cc1ccccc1)C(=O)N[C@@H](Cc1cccs1)C(=O)N[C@@H](CCCN=C(N)N)C(=O)O. The molecule has 2 aliphatic heterocycles. The largest absolute Gasteiger partial charge is 0.480 e. The van der Waals surface area contributed by atoms with Gasteiger partial charge in [-0.3, -0.25) is 57.9 Å². The van der Waals surface area contributed by atoms with Crippen LogP contribution >= 0.6 is 22.7 Å². The van der Waals surface area contributed by atoms with Gasteiger partial charge in [-0.2, -0.15) is 0 Å². The summed E-state index contributed by atoms with van der Waals surface area (Å²) in [6.45, 7) is -1.09. The minimum Gasteiger partial charge on any atom is -0.480 e. The number of carbonyl (C=O) groups excluding carboxylic acids is 10. The number of unbranched alkanes of at least 4 members (excludes halogenated alkanes) is 2. The number of carbonyl (C=O) groups is 11. The highest BCUT2D eigenvalue weighted by Crippen LogP contribution is 2.27. The highest BCUT2D eigenvalue weighted by Gasteiger charge is 2.46. The van der Waals surface area contributed by atoms with E-state index in [-0.39, 0.29) is 102 Å². The second-order valence-electron chi connectivity index (χ2n) is 23.6. The molecule has 10 amide bonds. The Morgan fingerprint density at radius 1 is 0.557 bits per heavy atom. The molecule has 0 unspecified atom stereocenters. The zero-order valence-corrected chi connectivity index (χ0v) is 55.8. The van der Waals surface area contributed by atoms with Crippen molar-refractivity contribution in [2.45, 2.75) is 169 Å². The smallest absolute Gasteiger partial charge is 0.326 e. The molecule has 2 aliphatic rings. The quantitative estimate of drug-likeness (QED) is 0.0144. The molecule has 0 bridgehead atoms. The fraction of sp³-hybridized carbons (Fsp3) is 0.565. The van der Waals surface area contributed by atoms with Gasteiger partial charge in [0.15, 0.2) is 11.9 Å². The van der Waals surface area contributed by atoms with Crippen molar-refractivity contribution < 1.29 is 68.1 Å². The van der Waals surface area contributed by atoms with Gasteiger partial charge in [0.2, 0.25) is 59.1 Å². The summed E-state index contributed by atoms with van der Waals surface area (Å²) in [5, 5.41) is 55.7. The van der Waals surface area contributed by atoms with E-state index < -0.39 is 145 Å². The van der Waals surface area contributed by atoms with Crippen LogP contribution in [0.1, 0.15) is 98.8 Å². The van der Waals surface area contributed by atoms with Gasteiger partial charge in [-0.25, -0.2) is 4.79 Å². The molecule has 5 rings (SSSR count). The van der Waals surface area contributed by atoms with E-state index in [1.807, 2.05) is 0 Å². The molecule has 25 N–H and O–H groups in total. The number of likely N-dealkylation sites (tertiary alicyclic amines) is 2. The molecular formula is C62H95N19O14S2. The lowest BCUT2D eigenvalue weighted by Gasteiger charge is -2.33. The molecule has 2 fully saturated rings. The van der Waals surface area contributed by atoms with Gasteiger partial charge in [0.05, 0.1) is 25.3 Å². The Kier molecular flexibility index (Phi) is 33.5. The first-order chi connectivity index (χ1) is 46.4. The molecule has 35 heteroatoms. The number of rotatable bonds is 42. The van der Waals surface area contributed by atoms with Crippen LogP contribution in [-0.2, 0) is 72.0 Å². The third kappa shape index (κ3) is 26.6. The van der Waals surface area contributed by atoms with Crippen LogP contribution in [0.3, 0.4) is 0 Å². The number of aliphatic imine (C=N–C) groups is 2. The number of guanidine groups is 2. The molecule has 0 saturated carbocycles. The summed E-state index contributed by atoms with van der Waals surface area (Å²) in [6.07, 6.45) is 1.74. The molecular weight excluding hydrogens is 1300 g/mol. The number of aliphatic hydroxyl groups is 2. The van der Waals surface area contributed by atoms with E-state index in [9.17, 15) is 68.1 Å². The first-order valence-electron chi connectivity index (χ1n) is 32.3. The van der Waals surface area contributed by atoms with E-state index in [4.69, 9.17) is 40.1 Å². The Hall–Kier alpha value is -8.87. The number of nitrogens with two attached hydrogens (primary N) is 7. The zero-order valence-electron chi connectivity index (χ0n) is 54.2. The second kappa shape index (κ2) is 41.3. The fourth-order valence-electron chi connectivity index (χ4n) is 11.0. The van der Waals surface area contributed by atoms with Gasteiger partial charge >= 0.3 is 5.97 Å². The minimum absolute atomic E-state index is 0.00821. The lowest BCUT2D eigenvalue weighted by molar-refractivity contribution is -0.148. The lowest BCUT2D eigenvalue weighted by atomic mass is 10.0. The number of aliphatic hydroxyl groups excluding tert-OH is 2. The van der Waals surface area contributed by atoms with Crippen LogP contribution < -0.4 is 82.7 Å². The van der Waals surface area contributed by atoms with Crippen LogP contribution in [0.25, 0.3) is 0 Å². The summed E-state index contributed by atoms with van der Waals surface area (Å²) in [7, 11) is 0. The van der Waals surface area contributed by atoms with Gasteiger partial charge in [0.1, 0.15) is 54.4 Å². The predicted octanol–water partition coefficient (Wildman–Crippen LogP) is -4.93. The summed E-state index contributed by atoms with van der Waals surface area (Å²) in [6, 6.07) is 2.10. The molecule has 0 radical (unpaired) electrons. The molecule has 2 aromatic heterocycles. The van der Waals surface area contributed by atoms with Crippen LogP contribution in [0.2, 0.25) is 0 Å². The number of carboxylic acid groups (broad SMARTS) is 1. The van der Waals surface area contributed by atoms with Crippen molar-refractivity contribution >= 4 is 99.6 Å². The highest BCUT2D eigenvalue weighted by molar-refractivity contribution is 7.10. The first-order valence-corrected chi connectivity index (χ1v) is 34.1. The second-order valence-corrected chi connectivity index (χ2v) is 25.7. The standard InChI is InChI=1S/C62H95N19O14S2/c63-22-6-4-17-40(65)51(85)74-41(18-5-7-23-64)52(86)75-42(19-8-24-70-61(66)67)58(92)80-26-10-21-48(80)59(93)81-34-37(83)30-49(81)57(91)72-33-50(84)73-45(31-38-15-11-27-96-38)54(88)79-47(35-82)56(90)77-44(29-36-13-2-1-3-14-36)53(87)78-46(32-39-16-12-28-97-39)55(89)76-43(60(94)95)20-9-25-71-62(68)69/h1-3,11-16,27-28,37,40-49,82-83H,4-10,17-26,29-35,63-65H2,(H,72,91)(H,73,84)(H,74,85)(H,75,86)(H,76,89)(H,77,90)(H,78,87)(H,79,88)(H,94,95)(H4,66,67,70)(H4,68,69,71)/t37-,40+,41+,42+,43+,44-,45+,46+,47+,48+,49+/m1/s1. The molecule has 1 aromatic carbocycles. The van der Waals surface area contributed by atoms with Crippen LogP contribution in [0.15, 0.2) is 75.3 Å². The van der Waals surface area contributed by atoms with E-state index >= 15 is 0 Å². The number of carboxylic acids is 1. The third-order valence-electron chi connectivity index (χ3n) is 16.1. The number of β-amino-alcohol motifs (C(OH)–C–C–N with tert-alkyl or cyclic N) is 1. The first kappa shape index (κ1) is 78.8. The van der Waals surface area contributed by atoms with Gasteiger partial charge in [0.25, 0.3) is 0 Å². The average Bonchev–Trinajstić information content (AvgIpc) is 1.68. The Labute approximate surface area is 570 Å². The molecule has 2 saturated heterocycles. The summed E-state index contributed by atoms with van der Waals surface area (Å²) in [4.78, 5) is 165. The van der Waals surface area contributed by atoms with Gasteiger partial charge < -0.3 is 108 Å². The van der Waals surface area contributed by atoms with Crippen LogP contribution in [0.4, 0.5) is 0 Å². The Balaban J connectivity index is 1.27. The van der Waals surface area contributed by atoms with Crippen molar-refractivity contribution in [3.05, 3.63) is 80.7 Å². The number of nitrogens with zero attached hydrogens (tertiary/aromatic N) is 4. The van der Waals surface area contributed by atoms with E-state index in [0.717, 1.165) is 4.90 Å². The molecule has 97 heavy (non-hydrogen) atoms. The third-order valence-corrected chi connectivity index (χ3v) is 17.9. The number of nitrogens with one attached hydrogen (secondary N) is 8. The summed E-state index contributed by atoms with van der Waals surface area (Å²) < 4.78 is 0. The molecule has 4 heterocycles. The van der Waals surface area contributed by atoms with Crippen LogP contribution in [0.5, 0.6) is 0 Å². The number of thiophene rings is 2. The van der Waals surface area contributed by atoms with Crippen molar-refractivity contribution in [2.75, 3.05) is 52.4 Å². The normalized spacial score (nSPS) is 17.5. The monoisotopic (exact) mass is 1390 g/mol. The van der Waals surface area contributed by atoms with Gasteiger partial charge in [-0.05, 0) is 112 Å². The number of aliphatic carboxylic acids is 1. The maximum Gasteiger partial charge on any atom is 0.326 e. The van der Waals surface area contributed by atoms with E-state index in [2.05, 4.69) is 52.5 Å². The minimum atomic E-state index is -1.74. The van der Waals surface area contributed by atoms with Gasteiger partial charge in [-0.1, -0.05) is 48.9 Å². The molecule has 11 atom stereocenters. The Morgan fingerprint density at radius 3 is 1.60 bits per heavy atom. The molecule has 0 aliphatic carbocycles. The fourth-order valence-corrected chi connectivity index (χ4v) is 12.5. The Morgan fingerprint density at radius 2 is 1.05 bits per heavy atom. The molecule has 0 spiro atoms. The number of amides is 10. The van der Waals surface area contributed by atoms with Crippen LogP contribution in [-0.4, -0.2) is 221 Å². The maximum atomic E-state index is 14.6. The highest BCUT2D eigenvalue weighted by atomic mass is 32.1. The van der Waals surface area contributed by atoms with E-state index in [1.165, 1.54) is 27.6 Å². The van der Waals surface area contributed by atoms with Crippen molar-refractivity contribution in [2.24, 2.45) is 50.1 Å². The van der Waals surface area contributed by atoms with Crippen molar-refractivity contribution in [1.82, 2.24) is 52.3 Å². The number of hydrogen-bond acceptors (Lipinski definition) is 20. The van der Waals surface area contributed by atoms with Crippen molar-refractivity contribution in [3.63, 3.8) is 0 Å². The van der Waals surface area contributed by atoms with Crippen LogP contribution in [0, 0.1) is 0 Å². The topological polar surface area (TPSA) is 558 Å². The number of hydrogen-bond donors (Lipinski definition) is 18. The van der Waals surface area contributed by atoms with Gasteiger partial charge in [-0.15, -0.1) is 22.7 Å². The maximum absolute atomic E-state index is 14.6. The molecule has 33 nitrogen and oxygen atoms in total. The summed E-state index contributed by atoms with van der Waals surface area (Å²) in [5.41, 5.74) is 40.0. The Bertz CT molecular complexity index is 3120. The number of benzene rings is 1. The van der Waals surface area contributed by atoms with Crippen molar-refractivity contribution in [1.29, 1.82) is 0 Å². The summed E-state index contributed by atoms with van der Waals surface area (Å²) >= 11 is 2.52. The zero-order chi connectivity index (χ0) is 71.0. The lowest BCUT2D eigenvalue weighted by Crippen LogP contribution is -2.60.